The van der Waals surface area contributed by atoms with Crippen LogP contribution in [0, 0.1) is 0 Å². The monoisotopic (exact) mass is 341 g/mol. The molecule has 1 N–H and O–H groups in total. The van der Waals surface area contributed by atoms with Gasteiger partial charge in [-0.2, -0.15) is 0 Å². The van der Waals surface area contributed by atoms with Crippen LogP contribution in [-0.4, -0.2) is 26.3 Å². The van der Waals surface area contributed by atoms with E-state index in [9.17, 15) is 0 Å². The molecule has 0 amide bonds. The highest BCUT2D eigenvalue weighted by atomic mass is 16.5. The molecule has 0 aliphatic carbocycles. The molecule has 0 aromatic carbocycles. The molecule has 0 unspecified atom stereocenters. The Morgan fingerprint density at radius 3 is 1.46 bits per heavy atom. The Kier molecular flexibility index (Phi) is 22.8. The van der Waals surface area contributed by atoms with Crippen molar-refractivity contribution in [2.75, 3.05) is 26.3 Å². The van der Waals surface area contributed by atoms with Crippen molar-refractivity contribution < 1.29 is 4.74 Å². The first kappa shape index (κ1) is 23.9. The number of nitrogens with one attached hydrogen (secondary N) is 1. The molecule has 0 aromatic rings. The summed E-state index contributed by atoms with van der Waals surface area (Å²) >= 11 is 0. The molecular weight excluding hydrogens is 294 g/mol. The maximum absolute atomic E-state index is 5.70. The third-order valence-corrected chi connectivity index (χ3v) is 4.77. The van der Waals surface area contributed by atoms with Gasteiger partial charge in [0, 0.05) is 13.2 Å². The van der Waals surface area contributed by atoms with Crippen LogP contribution >= 0.6 is 0 Å². The molecule has 0 saturated carbocycles. The van der Waals surface area contributed by atoms with Crippen molar-refractivity contribution in [3.63, 3.8) is 0 Å². The molecule has 0 aromatic heterocycles. The fourth-order valence-corrected chi connectivity index (χ4v) is 3.09. The fourth-order valence-electron chi connectivity index (χ4n) is 3.09. The molecule has 0 spiro atoms. The zero-order chi connectivity index (χ0) is 17.6. The van der Waals surface area contributed by atoms with Crippen LogP contribution in [0.2, 0.25) is 0 Å². The minimum Gasteiger partial charge on any atom is -0.380 e. The number of unbranched alkanes of at least 4 members (excludes halogenated alkanes) is 14. The molecule has 0 saturated heterocycles. The maximum Gasteiger partial charge on any atom is 0.0590 e. The van der Waals surface area contributed by atoms with Gasteiger partial charge in [0.25, 0.3) is 0 Å². The van der Waals surface area contributed by atoms with Crippen molar-refractivity contribution in [3.8, 4) is 0 Å². The summed E-state index contributed by atoms with van der Waals surface area (Å²) < 4.78 is 5.70. The van der Waals surface area contributed by atoms with Crippen LogP contribution < -0.4 is 5.32 Å². The largest absolute Gasteiger partial charge is 0.380 e. The number of ether oxygens (including phenoxy) is 1. The van der Waals surface area contributed by atoms with Gasteiger partial charge in [0.15, 0.2) is 0 Å². The average molecular weight is 342 g/mol. The van der Waals surface area contributed by atoms with Gasteiger partial charge < -0.3 is 10.1 Å². The molecule has 2 heteroatoms. The summed E-state index contributed by atoms with van der Waals surface area (Å²) in [4.78, 5) is 0. The van der Waals surface area contributed by atoms with Crippen molar-refractivity contribution >= 4 is 0 Å². The molecule has 0 radical (unpaired) electrons. The van der Waals surface area contributed by atoms with Gasteiger partial charge in [-0.1, -0.05) is 104 Å². The average Bonchev–Trinajstić information content (AvgIpc) is 2.60. The quantitative estimate of drug-likeness (QED) is 0.230. The van der Waals surface area contributed by atoms with E-state index in [2.05, 4.69) is 19.2 Å². The molecule has 0 fully saturated rings. The molecule has 0 heterocycles. The number of hydrogen-bond acceptors (Lipinski definition) is 2. The highest BCUT2D eigenvalue weighted by Crippen LogP contribution is 2.09. The topological polar surface area (TPSA) is 21.3 Å². The summed E-state index contributed by atoms with van der Waals surface area (Å²) in [5.41, 5.74) is 0. The highest BCUT2D eigenvalue weighted by molar-refractivity contribution is 4.50. The lowest BCUT2D eigenvalue weighted by Crippen LogP contribution is -2.21. The van der Waals surface area contributed by atoms with Crippen LogP contribution in [0.25, 0.3) is 0 Å². The molecule has 0 aliphatic rings. The zero-order valence-corrected chi connectivity index (χ0v) is 17.1. The standard InChI is InChI=1S/C22H47NO/c1-3-5-7-9-11-13-15-17-19-23-20-22-24-21-18-16-14-12-10-8-6-4-2/h23H,3-22H2,1-2H3. The Bertz CT molecular complexity index is 186. The van der Waals surface area contributed by atoms with E-state index < -0.39 is 0 Å². The number of rotatable bonds is 21. The highest BCUT2D eigenvalue weighted by Gasteiger charge is 1.94. The first-order chi connectivity index (χ1) is 11.9. The Morgan fingerprint density at radius 2 is 0.917 bits per heavy atom. The van der Waals surface area contributed by atoms with Crippen LogP contribution in [-0.2, 0) is 4.74 Å². The first-order valence-corrected chi connectivity index (χ1v) is 11.2. The van der Waals surface area contributed by atoms with E-state index in [4.69, 9.17) is 4.74 Å². The van der Waals surface area contributed by atoms with Crippen LogP contribution in [0.5, 0.6) is 0 Å². The predicted molar refractivity (Wildman–Crippen MR) is 109 cm³/mol. The van der Waals surface area contributed by atoms with E-state index >= 15 is 0 Å². The van der Waals surface area contributed by atoms with Gasteiger partial charge in [-0.15, -0.1) is 0 Å². The second-order valence-corrected chi connectivity index (χ2v) is 7.31. The number of hydrogen-bond donors (Lipinski definition) is 1. The van der Waals surface area contributed by atoms with Gasteiger partial charge in [0.05, 0.1) is 6.61 Å². The lowest BCUT2D eigenvalue weighted by Gasteiger charge is -2.06. The molecule has 0 aliphatic heterocycles. The summed E-state index contributed by atoms with van der Waals surface area (Å²) in [7, 11) is 0. The molecule has 0 bridgehead atoms. The van der Waals surface area contributed by atoms with Gasteiger partial charge in [0.2, 0.25) is 0 Å². The van der Waals surface area contributed by atoms with Crippen molar-refractivity contribution in [1.82, 2.24) is 5.32 Å². The van der Waals surface area contributed by atoms with E-state index in [1.165, 1.54) is 103 Å². The van der Waals surface area contributed by atoms with Crippen molar-refractivity contribution in [3.05, 3.63) is 0 Å². The Morgan fingerprint density at radius 1 is 0.458 bits per heavy atom. The third-order valence-electron chi connectivity index (χ3n) is 4.77. The summed E-state index contributed by atoms with van der Waals surface area (Å²) in [5, 5.41) is 3.50. The van der Waals surface area contributed by atoms with E-state index in [1.807, 2.05) is 0 Å². The van der Waals surface area contributed by atoms with Crippen molar-refractivity contribution in [2.45, 2.75) is 117 Å². The van der Waals surface area contributed by atoms with Crippen LogP contribution in [0.15, 0.2) is 0 Å². The summed E-state index contributed by atoms with van der Waals surface area (Å²) in [6.45, 7) is 8.58. The molecule has 0 atom stereocenters. The van der Waals surface area contributed by atoms with Gasteiger partial charge in [-0.05, 0) is 19.4 Å². The SMILES string of the molecule is CCCCCCCCCCNCCOCCCCCCCCCC. The summed E-state index contributed by atoms with van der Waals surface area (Å²) in [5.74, 6) is 0. The Hall–Kier alpha value is -0.0800. The Balaban J connectivity index is 2.93. The van der Waals surface area contributed by atoms with Crippen molar-refractivity contribution in [2.24, 2.45) is 0 Å². The van der Waals surface area contributed by atoms with Gasteiger partial charge in [-0.25, -0.2) is 0 Å². The molecule has 146 valence electrons. The van der Waals surface area contributed by atoms with Gasteiger partial charge in [0.1, 0.15) is 0 Å². The van der Waals surface area contributed by atoms with Crippen LogP contribution in [0.3, 0.4) is 0 Å². The van der Waals surface area contributed by atoms with Crippen molar-refractivity contribution in [1.29, 1.82) is 0 Å². The van der Waals surface area contributed by atoms with E-state index in [-0.39, 0.29) is 0 Å². The van der Waals surface area contributed by atoms with E-state index in [1.54, 1.807) is 0 Å². The summed E-state index contributed by atoms with van der Waals surface area (Å²) in [6, 6.07) is 0. The lowest BCUT2D eigenvalue weighted by molar-refractivity contribution is 0.131. The van der Waals surface area contributed by atoms with Gasteiger partial charge in [-0.3, -0.25) is 0 Å². The molecule has 24 heavy (non-hydrogen) atoms. The van der Waals surface area contributed by atoms with Crippen LogP contribution in [0.4, 0.5) is 0 Å². The van der Waals surface area contributed by atoms with E-state index in [0.29, 0.717) is 0 Å². The predicted octanol–water partition coefficient (Wildman–Crippen LogP) is 6.87. The molecule has 2 nitrogen and oxygen atoms in total. The lowest BCUT2D eigenvalue weighted by atomic mass is 10.1. The molecular formula is C22H47NO. The Labute approximate surface area is 153 Å². The maximum atomic E-state index is 5.70. The van der Waals surface area contributed by atoms with Crippen LogP contribution in [0.1, 0.15) is 117 Å². The second-order valence-electron chi connectivity index (χ2n) is 7.31. The van der Waals surface area contributed by atoms with E-state index in [0.717, 1.165) is 26.3 Å². The minimum atomic E-state index is 0.882. The minimum absolute atomic E-state index is 0.882. The third kappa shape index (κ3) is 21.9. The van der Waals surface area contributed by atoms with Gasteiger partial charge >= 0.3 is 0 Å². The molecule has 0 rings (SSSR count). The first-order valence-electron chi connectivity index (χ1n) is 11.2. The zero-order valence-electron chi connectivity index (χ0n) is 17.1. The normalized spacial score (nSPS) is 11.2. The fraction of sp³-hybridized carbons (Fsp3) is 1.00. The smallest absolute Gasteiger partial charge is 0.0590 e. The second kappa shape index (κ2) is 22.9. The summed E-state index contributed by atoms with van der Waals surface area (Å²) in [6.07, 6.45) is 22.2.